The summed E-state index contributed by atoms with van der Waals surface area (Å²) in [6, 6.07) is 34.6. The minimum atomic E-state index is -3.15. The molecule has 0 saturated heterocycles. The Morgan fingerprint density at radius 2 is 0.797 bits per heavy atom. The van der Waals surface area contributed by atoms with Crippen LogP contribution in [0.4, 0.5) is 0 Å². The van der Waals surface area contributed by atoms with Gasteiger partial charge in [0.05, 0.1) is 42.7 Å². The molecule has 0 spiro atoms. The molecule has 5 rings (SSSR count). The first kappa shape index (κ1) is 57.9. The van der Waals surface area contributed by atoms with E-state index >= 15 is 0 Å². The van der Waals surface area contributed by atoms with Crippen molar-refractivity contribution in [3.05, 3.63) is 143 Å². The molecule has 3 atom stereocenters. The molecule has 0 aliphatic rings. The van der Waals surface area contributed by atoms with E-state index in [1.165, 1.54) is 61.9 Å². The van der Waals surface area contributed by atoms with Gasteiger partial charge in [-0.1, -0.05) is 131 Å². The number of unbranched alkanes of at least 4 members (excludes halogenated alkanes) is 6. The molecule has 5 aromatic carbocycles. The SMILES string of the molecule is CCCCCCCC[PH](=O)C(=O)c1c(OC)cccc1OC.CCCCP(=O)(Cc1ccccc1)C(=O)c1c(OC)cccc1OC.COc1cccc(OC)c1C(=O)[PH](=O)CCc1ccccc1. The zero-order valence-corrected chi connectivity index (χ0v) is 44.4. The molecule has 12 nitrogen and oxygen atoms in total. The average Bonchev–Trinajstić information content (AvgIpc) is 3.39. The van der Waals surface area contributed by atoms with Crippen LogP contribution in [0.15, 0.2) is 115 Å². The molecule has 0 bridgehead atoms. The van der Waals surface area contributed by atoms with Crippen LogP contribution >= 0.6 is 22.7 Å². The second kappa shape index (κ2) is 31.7. The first-order valence-electron chi connectivity index (χ1n) is 23.4. The maximum absolute atomic E-state index is 13.7. The van der Waals surface area contributed by atoms with E-state index in [9.17, 15) is 28.1 Å². The molecule has 0 aliphatic carbocycles. The summed E-state index contributed by atoms with van der Waals surface area (Å²) in [6.07, 6.45) is 10.4. The number of methoxy groups -OCH3 is 6. The minimum absolute atomic E-state index is 0.258. The molecule has 0 N–H and O–H groups in total. The fraction of sp³-hybridized carbons (Fsp3) is 0.389. The monoisotopic (exact) mass is 1000 g/mol. The van der Waals surface area contributed by atoms with E-state index < -0.39 is 28.3 Å². The molecule has 0 amide bonds. The van der Waals surface area contributed by atoms with Crippen molar-refractivity contribution in [2.45, 2.75) is 77.8 Å². The van der Waals surface area contributed by atoms with E-state index in [0.717, 1.165) is 43.2 Å². The molecule has 3 unspecified atom stereocenters. The summed E-state index contributed by atoms with van der Waals surface area (Å²) >= 11 is 0. The van der Waals surface area contributed by atoms with Crippen LogP contribution in [0, 0.1) is 0 Å². The first-order chi connectivity index (χ1) is 33.4. The highest BCUT2D eigenvalue weighted by Crippen LogP contribution is 2.55. The van der Waals surface area contributed by atoms with Crippen LogP contribution in [0.1, 0.15) is 107 Å². The molecule has 15 heteroatoms. The topological polar surface area (TPSA) is 158 Å². The number of hydrogen-bond acceptors (Lipinski definition) is 12. The minimum Gasteiger partial charge on any atom is -0.496 e. The molecule has 0 heterocycles. The fourth-order valence-corrected chi connectivity index (χ4v) is 12.8. The second-order valence-corrected chi connectivity index (χ2v) is 22.6. The number of carbonyl (C=O) groups is 3. The Hall–Kier alpha value is -5.40. The van der Waals surface area contributed by atoms with Gasteiger partial charge in [-0.15, -0.1) is 0 Å². The molecule has 0 saturated carbocycles. The first-order valence-corrected chi connectivity index (χ1v) is 28.7. The van der Waals surface area contributed by atoms with Crippen molar-refractivity contribution >= 4 is 39.3 Å². The maximum Gasteiger partial charge on any atom is 0.229 e. The van der Waals surface area contributed by atoms with Crippen LogP contribution in [-0.2, 0) is 26.3 Å². The third kappa shape index (κ3) is 17.8. The van der Waals surface area contributed by atoms with Crippen LogP contribution in [0.2, 0.25) is 0 Å². The lowest BCUT2D eigenvalue weighted by molar-refractivity contribution is 0.106. The summed E-state index contributed by atoms with van der Waals surface area (Å²) in [6.45, 7) is 4.21. The van der Waals surface area contributed by atoms with Gasteiger partial charge in [0.15, 0.2) is 7.14 Å². The van der Waals surface area contributed by atoms with E-state index in [1.54, 1.807) is 54.6 Å². The Morgan fingerprint density at radius 1 is 0.435 bits per heavy atom. The Balaban J connectivity index is 0.000000275. The van der Waals surface area contributed by atoms with Crippen LogP contribution in [0.3, 0.4) is 0 Å². The Bertz CT molecular complexity index is 2390. The van der Waals surface area contributed by atoms with Crippen LogP contribution in [-0.4, -0.2) is 77.7 Å². The number of carbonyl (C=O) groups excluding carboxylic acids is 3. The van der Waals surface area contributed by atoms with Crippen molar-refractivity contribution in [3.8, 4) is 34.5 Å². The second-order valence-electron chi connectivity index (χ2n) is 16.0. The highest BCUT2D eigenvalue weighted by molar-refractivity contribution is 7.80. The summed E-state index contributed by atoms with van der Waals surface area (Å²) in [4.78, 5) is 38.3. The van der Waals surface area contributed by atoms with Gasteiger partial charge in [-0.3, -0.25) is 14.4 Å². The number of aryl methyl sites for hydroxylation is 1. The van der Waals surface area contributed by atoms with Gasteiger partial charge in [-0.25, -0.2) is 0 Å². The van der Waals surface area contributed by atoms with E-state index in [1.807, 2.05) is 67.6 Å². The largest absolute Gasteiger partial charge is 0.496 e. The van der Waals surface area contributed by atoms with Gasteiger partial charge in [0.1, 0.15) is 66.8 Å². The van der Waals surface area contributed by atoms with Crippen LogP contribution in [0.25, 0.3) is 0 Å². The van der Waals surface area contributed by atoms with Crippen molar-refractivity contribution in [2.24, 2.45) is 0 Å². The van der Waals surface area contributed by atoms with Gasteiger partial charge < -0.3 is 42.1 Å². The Morgan fingerprint density at radius 3 is 1.20 bits per heavy atom. The number of rotatable bonds is 27. The average molecular weight is 1010 g/mol. The van der Waals surface area contributed by atoms with E-state index in [0.29, 0.717) is 65.0 Å². The molecule has 5 aromatic rings. The van der Waals surface area contributed by atoms with Crippen molar-refractivity contribution in [1.29, 1.82) is 0 Å². The van der Waals surface area contributed by atoms with E-state index in [4.69, 9.17) is 28.4 Å². The van der Waals surface area contributed by atoms with Gasteiger partial charge >= 0.3 is 0 Å². The van der Waals surface area contributed by atoms with Crippen LogP contribution in [0.5, 0.6) is 34.5 Å². The number of hydrogen-bond donors (Lipinski definition) is 0. The van der Waals surface area contributed by atoms with Gasteiger partial charge in [-0.2, -0.15) is 0 Å². The third-order valence-electron chi connectivity index (χ3n) is 11.2. The van der Waals surface area contributed by atoms with Crippen molar-refractivity contribution in [3.63, 3.8) is 0 Å². The summed E-state index contributed by atoms with van der Waals surface area (Å²) in [5.74, 6) is 2.42. The lowest BCUT2D eigenvalue weighted by Crippen LogP contribution is -2.10. The smallest absolute Gasteiger partial charge is 0.229 e. The van der Waals surface area contributed by atoms with Crippen molar-refractivity contribution < 1.29 is 56.5 Å². The summed E-state index contributed by atoms with van der Waals surface area (Å²) in [5.41, 5.74) is 1.74. The predicted molar refractivity (Wildman–Crippen MR) is 280 cm³/mol. The quantitative estimate of drug-likeness (QED) is 0.0363. The molecule has 0 aromatic heterocycles. The number of benzene rings is 5. The zero-order valence-electron chi connectivity index (χ0n) is 41.5. The van der Waals surface area contributed by atoms with Gasteiger partial charge in [-0.05, 0) is 66.8 Å². The molecule has 0 radical (unpaired) electrons. The number of ether oxygens (including phenoxy) is 6. The van der Waals surface area contributed by atoms with Gasteiger partial charge in [0.25, 0.3) is 0 Å². The van der Waals surface area contributed by atoms with E-state index in [-0.39, 0.29) is 28.3 Å². The summed E-state index contributed by atoms with van der Waals surface area (Å²) in [5, 5.41) is 0. The Kier molecular flexibility index (Phi) is 26.6. The fourth-order valence-electron chi connectivity index (χ4n) is 7.43. The lowest BCUT2D eigenvalue weighted by Gasteiger charge is -2.20. The van der Waals surface area contributed by atoms with E-state index in [2.05, 4.69) is 6.92 Å². The van der Waals surface area contributed by atoms with Crippen molar-refractivity contribution in [2.75, 3.05) is 61.1 Å². The van der Waals surface area contributed by atoms with Gasteiger partial charge in [0.2, 0.25) is 16.6 Å². The predicted octanol–water partition coefficient (Wildman–Crippen LogP) is 13.6. The normalized spacial score (nSPS) is 12.3. The Labute approximate surface area is 410 Å². The summed E-state index contributed by atoms with van der Waals surface area (Å²) in [7, 11) is 1.05. The van der Waals surface area contributed by atoms with Crippen LogP contribution < -0.4 is 28.4 Å². The molecular formula is C54H71O12P3. The molecule has 0 fully saturated rings. The molecule has 374 valence electrons. The summed E-state index contributed by atoms with van der Waals surface area (Å²) < 4.78 is 69.9. The lowest BCUT2D eigenvalue weighted by atomic mass is 10.1. The van der Waals surface area contributed by atoms with Crippen molar-refractivity contribution in [1.82, 2.24) is 0 Å². The molecule has 0 aliphatic heterocycles. The maximum atomic E-state index is 13.7. The zero-order chi connectivity index (χ0) is 50.6. The standard InChI is InChI=1S/C20H25O4P.C17H19O4P.C17H27O4P/c1-4-5-14-25(22,15-16-10-7-6-8-11-16)20(21)19-17(23-2)12-9-13-18(19)24-3;1-20-14-9-6-10-15(21-2)16(14)17(18)22(19)12-11-13-7-4-3-5-8-13;1-4-5-6-7-8-9-13-22(19)17(18)16-14(20-2)11-10-12-15(16)21-3/h6-13H,4-5,14-15H2,1-3H3;3-10,22H,11-12H2,1-2H3;10-12,22H,4-9,13H2,1-3H3. The molecule has 69 heavy (non-hydrogen) atoms. The highest BCUT2D eigenvalue weighted by atomic mass is 31.2. The highest BCUT2D eigenvalue weighted by Gasteiger charge is 2.36. The third-order valence-corrected chi connectivity index (χ3v) is 17.1. The molecular weight excluding hydrogens is 934 g/mol. The van der Waals surface area contributed by atoms with Gasteiger partial charge in [0, 0.05) is 24.6 Å².